The maximum Gasteiger partial charge on any atom is 0.270 e. The minimum Gasteiger partial charge on any atom is -0.379 e. The molecule has 2 saturated heterocycles. The molecule has 2 fully saturated rings. The summed E-state index contributed by atoms with van der Waals surface area (Å²) >= 11 is 0. The molecule has 1 atom stereocenters. The van der Waals surface area contributed by atoms with Gasteiger partial charge in [-0.05, 0) is 25.8 Å². The Labute approximate surface area is 157 Å². The van der Waals surface area contributed by atoms with Crippen molar-refractivity contribution in [1.82, 2.24) is 19.3 Å². The van der Waals surface area contributed by atoms with Crippen molar-refractivity contribution >= 4 is 15.9 Å². The second-order valence-electron chi connectivity index (χ2n) is 6.79. The Morgan fingerprint density at radius 3 is 2.74 bits per heavy atom. The normalized spacial score (nSPS) is 21.7. The smallest absolute Gasteiger partial charge is 0.270 e. The Morgan fingerprint density at radius 1 is 1.26 bits per heavy atom. The van der Waals surface area contributed by atoms with Gasteiger partial charge in [0, 0.05) is 31.9 Å². The Bertz CT molecular complexity index is 929. The van der Waals surface area contributed by atoms with Crippen LogP contribution in [0.4, 0.5) is 0 Å². The van der Waals surface area contributed by atoms with E-state index in [9.17, 15) is 13.2 Å². The van der Waals surface area contributed by atoms with E-state index in [-0.39, 0.29) is 22.5 Å². The lowest BCUT2D eigenvalue weighted by atomic mass is 10.1. The maximum atomic E-state index is 13.0. The molecule has 0 aliphatic carbocycles. The molecule has 9 nitrogen and oxygen atoms in total. The molecule has 0 unspecified atom stereocenters. The molecule has 0 bridgehead atoms. The third-order valence-corrected chi connectivity index (χ3v) is 6.86. The van der Waals surface area contributed by atoms with Crippen molar-refractivity contribution in [3.05, 3.63) is 35.5 Å². The van der Waals surface area contributed by atoms with Gasteiger partial charge in [-0.15, -0.1) is 0 Å². The number of carbonyl (C=O) groups excluding carboxylic acids is 1. The van der Waals surface area contributed by atoms with Crippen LogP contribution in [0.25, 0.3) is 0 Å². The molecule has 10 heteroatoms. The topological polar surface area (TPSA) is 109 Å². The van der Waals surface area contributed by atoms with E-state index >= 15 is 0 Å². The average Bonchev–Trinajstić information content (AvgIpc) is 3.42. The third-order valence-electron chi connectivity index (χ3n) is 4.98. The van der Waals surface area contributed by atoms with Crippen LogP contribution in [0.3, 0.4) is 0 Å². The van der Waals surface area contributed by atoms with E-state index in [1.54, 1.807) is 4.90 Å². The van der Waals surface area contributed by atoms with Crippen molar-refractivity contribution in [1.29, 1.82) is 0 Å². The molecule has 2 aromatic heterocycles. The first-order valence-corrected chi connectivity index (χ1v) is 10.4. The highest BCUT2D eigenvalue weighted by Crippen LogP contribution is 2.33. The zero-order valence-electron chi connectivity index (χ0n) is 15.1. The molecule has 0 saturated carbocycles. The quantitative estimate of drug-likeness (QED) is 0.837. The molecule has 0 aromatic carbocycles. The second-order valence-corrected chi connectivity index (χ2v) is 8.73. The Hall–Kier alpha value is -2.17. The lowest BCUT2D eigenvalue weighted by Crippen LogP contribution is -2.40. The molecule has 4 rings (SSSR count). The minimum absolute atomic E-state index is 0.0963. The predicted octanol–water partition coefficient (Wildman–Crippen LogP) is 1.31. The Kier molecular flexibility index (Phi) is 4.79. The molecular weight excluding hydrogens is 372 g/mol. The van der Waals surface area contributed by atoms with E-state index in [0.717, 1.165) is 18.5 Å². The second kappa shape index (κ2) is 7.10. The number of carbonyl (C=O) groups is 1. The summed E-state index contributed by atoms with van der Waals surface area (Å²) in [5, 5.41) is 3.90. The number of aromatic nitrogens is 2. The van der Waals surface area contributed by atoms with Crippen LogP contribution in [-0.4, -0.2) is 66.5 Å². The van der Waals surface area contributed by atoms with Crippen LogP contribution in [0.2, 0.25) is 0 Å². The fraction of sp³-hybridized carbons (Fsp3) is 0.529. The van der Waals surface area contributed by atoms with E-state index in [1.807, 2.05) is 13.0 Å². The van der Waals surface area contributed by atoms with Gasteiger partial charge >= 0.3 is 0 Å². The summed E-state index contributed by atoms with van der Waals surface area (Å²) in [5.74, 6) is 0.418. The molecule has 4 heterocycles. The first-order valence-electron chi connectivity index (χ1n) is 8.97. The lowest BCUT2D eigenvalue weighted by Gasteiger charge is -2.25. The number of nitrogens with zero attached hydrogens (tertiary/aromatic N) is 3. The zero-order chi connectivity index (χ0) is 19.0. The number of aromatic amines is 1. The summed E-state index contributed by atoms with van der Waals surface area (Å²) in [6.07, 6.45) is 3.03. The molecule has 0 radical (unpaired) electrons. The number of nitrogens with one attached hydrogen (secondary N) is 1. The van der Waals surface area contributed by atoms with Crippen molar-refractivity contribution < 1.29 is 22.5 Å². The van der Waals surface area contributed by atoms with Crippen LogP contribution < -0.4 is 0 Å². The number of sulfonamides is 1. The van der Waals surface area contributed by atoms with E-state index < -0.39 is 10.0 Å². The number of morpholine rings is 1. The Morgan fingerprint density at radius 2 is 2.04 bits per heavy atom. The third kappa shape index (κ3) is 3.40. The van der Waals surface area contributed by atoms with Crippen molar-refractivity contribution in [3.63, 3.8) is 0 Å². The number of H-pyrrole nitrogens is 1. The predicted molar refractivity (Wildman–Crippen MR) is 94.6 cm³/mol. The van der Waals surface area contributed by atoms with Gasteiger partial charge in [-0.1, -0.05) is 5.16 Å². The molecule has 2 aromatic rings. The monoisotopic (exact) mass is 394 g/mol. The van der Waals surface area contributed by atoms with Gasteiger partial charge in [-0.25, -0.2) is 8.42 Å². The molecule has 0 spiro atoms. The van der Waals surface area contributed by atoms with Crippen LogP contribution in [0, 0.1) is 6.92 Å². The summed E-state index contributed by atoms with van der Waals surface area (Å²) in [6, 6.07) is 3.06. The highest BCUT2D eigenvalue weighted by atomic mass is 32.2. The van der Waals surface area contributed by atoms with E-state index in [0.29, 0.717) is 38.6 Å². The van der Waals surface area contributed by atoms with Gasteiger partial charge < -0.3 is 19.1 Å². The standard InChI is InChI=1S/C17H22N4O5S/c1-12-9-16(26-19-12)15-3-2-4-21(15)17(22)14-10-13(11-18-14)27(23,24)20-5-7-25-8-6-20/h9-11,15,18H,2-8H2,1H3/t15-/m1/s1. The molecule has 27 heavy (non-hydrogen) atoms. The van der Waals surface area contributed by atoms with Crippen molar-refractivity contribution in [2.24, 2.45) is 0 Å². The van der Waals surface area contributed by atoms with Gasteiger partial charge in [0.2, 0.25) is 10.0 Å². The molecule has 2 aliphatic rings. The highest BCUT2D eigenvalue weighted by molar-refractivity contribution is 7.89. The van der Waals surface area contributed by atoms with Crippen LogP contribution in [0.5, 0.6) is 0 Å². The van der Waals surface area contributed by atoms with Crippen LogP contribution in [0.15, 0.2) is 27.7 Å². The van der Waals surface area contributed by atoms with E-state index in [1.165, 1.54) is 16.6 Å². The lowest BCUT2D eigenvalue weighted by molar-refractivity contribution is 0.0709. The van der Waals surface area contributed by atoms with Crippen LogP contribution >= 0.6 is 0 Å². The van der Waals surface area contributed by atoms with Crippen molar-refractivity contribution in [2.75, 3.05) is 32.8 Å². The number of hydrogen-bond donors (Lipinski definition) is 1. The molecule has 146 valence electrons. The van der Waals surface area contributed by atoms with E-state index in [4.69, 9.17) is 9.26 Å². The van der Waals surface area contributed by atoms with Gasteiger partial charge in [0.1, 0.15) is 10.6 Å². The fourth-order valence-electron chi connectivity index (χ4n) is 3.58. The molecule has 1 amide bonds. The van der Waals surface area contributed by atoms with Crippen LogP contribution in [-0.2, 0) is 14.8 Å². The van der Waals surface area contributed by atoms with Crippen LogP contribution in [0.1, 0.15) is 40.8 Å². The fourth-order valence-corrected chi connectivity index (χ4v) is 4.99. The first-order chi connectivity index (χ1) is 13.0. The van der Waals surface area contributed by atoms with Gasteiger partial charge in [0.05, 0.1) is 24.9 Å². The largest absolute Gasteiger partial charge is 0.379 e. The van der Waals surface area contributed by atoms with Crippen molar-refractivity contribution in [3.8, 4) is 0 Å². The zero-order valence-corrected chi connectivity index (χ0v) is 15.9. The minimum atomic E-state index is -3.64. The van der Waals surface area contributed by atoms with Crippen molar-refractivity contribution in [2.45, 2.75) is 30.7 Å². The summed E-state index contributed by atoms with van der Waals surface area (Å²) < 4.78 is 37.4. The average molecular weight is 394 g/mol. The van der Waals surface area contributed by atoms with E-state index in [2.05, 4.69) is 10.1 Å². The number of hydrogen-bond acceptors (Lipinski definition) is 6. The number of likely N-dealkylation sites (tertiary alicyclic amines) is 1. The van der Waals surface area contributed by atoms with Gasteiger partial charge in [0.15, 0.2) is 5.76 Å². The molecular formula is C17H22N4O5S. The highest BCUT2D eigenvalue weighted by Gasteiger charge is 2.35. The summed E-state index contributed by atoms with van der Waals surface area (Å²) in [7, 11) is -3.64. The summed E-state index contributed by atoms with van der Waals surface area (Å²) in [6.45, 7) is 3.81. The van der Waals surface area contributed by atoms with Gasteiger partial charge in [-0.3, -0.25) is 4.79 Å². The molecule has 1 N–H and O–H groups in total. The Balaban J connectivity index is 1.54. The first kappa shape index (κ1) is 18.2. The number of amides is 1. The number of aryl methyl sites for hydroxylation is 1. The SMILES string of the molecule is Cc1cc([C@H]2CCCN2C(=O)c2cc(S(=O)(=O)N3CCOCC3)c[nH]2)on1. The van der Waals surface area contributed by atoms with Gasteiger partial charge in [0.25, 0.3) is 5.91 Å². The number of ether oxygens (including phenoxy) is 1. The summed E-state index contributed by atoms with van der Waals surface area (Å²) in [4.78, 5) is 17.6. The maximum absolute atomic E-state index is 13.0. The van der Waals surface area contributed by atoms with Gasteiger partial charge in [-0.2, -0.15) is 4.31 Å². The molecule has 2 aliphatic heterocycles. The number of rotatable bonds is 4. The summed E-state index contributed by atoms with van der Waals surface area (Å²) in [5.41, 5.74) is 1.02.